The van der Waals surface area contributed by atoms with Crippen LogP contribution in [0.1, 0.15) is 84.8 Å². The van der Waals surface area contributed by atoms with Crippen LogP contribution in [0.5, 0.6) is 0 Å². The predicted molar refractivity (Wildman–Crippen MR) is 314 cm³/mol. The second-order valence-corrected chi connectivity index (χ2v) is 25.3. The summed E-state index contributed by atoms with van der Waals surface area (Å²) in [6.07, 6.45) is 0.233. The van der Waals surface area contributed by atoms with Crippen LogP contribution in [0, 0.1) is 44.5 Å². The number of rotatable bonds is 18. The quantitative estimate of drug-likeness (QED) is 0.0107. The Bertz CT molecular complexity index is 3630. The van der Waals surface area contributed by atoms with E-state index in [1.807, 2.05) is 27.7 Å². The average Bonchev–Trinajstić information content (AvgIpc) is 4.38. The lowest BCUT2D eigenvalue weighted by atomic mass is 10.1. The van der Waals surface area contributed by atoms with Crippen molar-refractivity contribution in [1.29, 1.82) is 0 Å². The summed E-state index contributed by atoms with van der Waals surface area (Å²) >= 11 is 14.7. The fourth-order valence-corrected chi connectivity index (χ4v) is 12.4. The fraction of sp³-hybridized carbons (Fsp3) is 0.340. The topological polar surface area (TPSA) is 384 Å². The molecule has 81 heavy (non-hydrogen) atoms. The van der Waals surface area contributed by atoms with Crippen LogP contribution in [-0.2, 0) is 40.8 Å². The first-order valence-electron chi connectivity index (χ1n) is 23.7. The molecule has 0 fully saturated rings. The van der Waals surface area contributed by atoms with E-state index in [-0.39, 0.29) is 46.2 Å². The number of thioether (sulfide) groups is 3. The zero-order valence-corrected chi connectivity index (χ0v) is 50.9. The van der Waals surface area contributed by atoms with Crippen molar-refractivity contribution in [3.63, 3.8) is 0 Å². The Hall–Kier alpha value is -6.92. The Morgan fingerprint density at radius 2 is 1.37 bits per heavy atom. The minimum absolute atomic E-state index is 0.149. The van der Waals surface area contributed by atoms with Gasteiger partial charge in [0.25, 0.3) is 5.56 Å². The van der Waals surface area contributed by atoms with Gasteiger partial charge in [0.2, 0.25) is 5.95 Å². The number of benzene rings is 2. The number of aryl methyl sites for hydroxylation is 4. The summed E-state index contributed by atoms with van der Waals surface area (Å²) in [7, 11) is 0. The molecule has 1 aliphatic heterocycles. The number of carboxylic acid groups (broad SMARTS) is 2. The van der Waals surface area contributed by atoms with E-state index in [2.05, 4.69) is 71.0 Å². The predicted octanol–water partition coefficient (Wildman–Crippen LogP) is 7.99. The molecule has 0 spiro atoms. The van der Waals surface area contributed by atoms with Crippen molar-refractivity contribution in [1.82, 2.24) is 60.5 Å². The number of ether oxygens (including phenoxy) is 2. The van der Waals surface area contributed by atoms with E-state index in [4.69, 9.17) is 33.0 Å². The van der Waals surface area contributed by atoms with Gasteiger partial charge in [-0.15, -0.1) is 30.6 Å². The van der Waals surface area contributed by atoms with Gasteiger partial charge in [-0.3, -0.25) is 39.6 Å². The van der Waals surface area contributed by atoms with Gasteiger partial charge >= 0.3 is 23.9 Å². The number of hydrogen-bond donors (Lipinski definition) is 7. The number of H-pyrrole nitrogens is 3. The third-order valence-electron chi connectivity index (χ3n) is 10.1. The number of nitrogens with zero attached hydrogens (tertiary/aromatic N) is 10. The lowest BCUT2D eigenvalue weighted by Crippen LogP contribution is -2.26. The van der Waals surface area contributed by atoms with Crippen LogP contribution in [0.2, 0.25) is 0 Å². The number of aliphatic imine (C=N–C) groups is 1. The number of anilines is 1. The maximum Gasteiger partial charge on any atom is 0.335 e. The molecule has 26 nitrogen and oxygen atoms in total. The number of aromatic amines is 3. The molecule has 9 rings (SSSR count). The average molecular weight is 1260 g/mol. The fourth-order valence-electron chi connectivity index (χ4n) is 6.22. The maximum atomic E-state index is 12.6. The van der Waals surface area contributed by atoms with Crippen LogP contribution >= 0.6 is 92.9 Å². The van der Waals surface area contributed by atoms with E-state index >= 15 is 0 Å². The van der Waals surface area contributed by atoms with Crippen molar-refractivity contribution in [2.45, 2.75) is 87.0 Å². The van der Waals surface area contributed by atoms with Crippen molar-refractivity contribution < 1.29 is 48.5 Å². The van der Waals surface area contributed by atoms with Crippen LogP contribution in [0.4, 0.5) is 11.6 Å². The molecule has 0 saturated carbocycles. The van der Waals surface area contributed by atoms with Crippen molar-refractivity contribution in [2.24, 2.45) is 16.8 Å². The number of nitrogens with two attached hydrogens (primary N) is 1. The number of aromatic nitrogens is 12. The van der Waals surface area contributed by atoms with Crippen LogP contribution in [-0.4, -0.2) is 137 Å². The van der Waals surface area contributed by atoms with E-state index in [0.29, 0.717) is 59.5 Å². The SMILES string of the molecule is CCOC(=O)C(C)C(=O)CSc1nnc(C)s1.CCOC(=O)CC(=O)CSc1nnc(C)s1.Cc1n[nH]c(=S)s1.Cc1nnc(SCc2[nH]n(C3=Nc4ccc(C(=O)O)cc4C3)c(=O)c2C)s1.NNc1nc2ccc(C(=O)O)cc2[nH]1. The molecule has 6 aromatic heterocycles. The minimum atomic E-state index is -0.981. The molecule has 0 amide bonds. The Balaban J connectivity index is 0.000000196. The Labute approximate surface area is 495 Å². The number of ketones is 2. The second-order valence-electron chi connectivity index (χ2n) is 16.2. The highest BCUT2D eigenvalue weighted by Gasteiger charge is 2.24. The van der Waals surface area contributed by atoms with Gasteiger partial charge in [-0.05, 0) is 110 Å². The number of imidazole rings is 1. The number of nitrogen functional groups attached to an aromatic ring is 1. The first-order valence-corrected chi connectivity index (χ1v) is 30.3. The van der Waals surface area contributed by atoms with Gasteiger partial charge < -0.3 is 24.7 Å². The zero-order chi connectivity index (χ0) is 59.3. The standard InChI is InChI=1S/C17H15N5O3S2.C10H14N2O3S2.C9H12N2O3S2.C8H8N4O2.C3H4N2S2/c1-8-13(7-26-17-20-19-9(2)27-17)21-22(15(8)23)14-6-11-5-10(16(24)25)3-4-12(11)18-14;1-4-15-9(14)6(2)8(13)5-16-10-12-11-7(3)17-10;1-3-14-8(13)4-7(12)5-15-9-11-10-6(2)16-9;9-12-8-10-5-2-1-4(7(13)14)3-6(5)11-8;1-2-4-5-3(6)7-2/h3-5,21H,6-7H2,1-2H3,(H,24,25);6H,4-5H2,1-3H3;3-5H2,1-2H3;1-3H,9H2,(H,13,14)(H2,10,11,12);1H3,(H,5,6). The molecule has 430 valence electrons. The number of carboxylic acids is 2. The molecule has 1 aliphatic rings. The molecule has 0 aliphatic carbocycles. The van der Waals surface area contributed by atoms with E-state index in [1.165, 1.54) is 104 Å². The first kappa shape index (κ1) is 64.9. The summed E-state index contributed by atoms with van der Waals surface area (Å²) in [6.45, 7) is 14.9. The van der Waals surface area contributed by atoms with Crippen LogP contribution < -0.4 is 16.8 Å². The molecule has 7 heterocycles. The molecule has 1 unspecified atom stereocenters. The van der Waals surface area contributed by atoms with Crippen LogP contribution in [0.15, 0.2) is 59.2 Å². The molecular weight excluding hydrogens is 1210 g/mol. The van der Waals surface area contributed by atoms with Gasteiger partial charge in [-0.2, -0.15) is 5.10 Å². The lowest BCUT2D eigenvalue weighted by Gasteiger charge is -2.08. The Kier molecular flexibility index (Phi) is 25.6. The monoisotopic (exact) mass is 1260 g/mol. The van der Waals surface area contributed by atoms with Crippen molar-refractivity contribution in [3.05, 3.63) is 98.7 Å². The first-order chi connectivity index (χ1) is 38.6. The zero-order valence-electron chi connectivity index (χ0n) is 44.4. The van der Waals surface area contributed by atoms with Gasteiger partial charge in [-0.25, -0.2) is 30.1 Å². The van der Waals surface area contributed by atoms with Gasteiger partial charge in [-0.1, -0.05) is 80.6 Å². The number of hydrazine groups is 1. The number of hydrogen-bond acceptors (Lipinski definition) is 28. The molecule has 2 aromatic carbocycles. The maximum absolute atomic E-state index is 12.6. The Morgan fingerprint density at radius 1 is 0.790 bits per heavy atom. The molecule has 0 bridgehead atoms. The number of Topliss-reactive ketones (excluding diaryl/α,β-unsaturated/α-hetero) is 2. The molecular formula is C47H53N15O11S8. The van der Waals surface area contributed by atoms with E-state index in [1.54, 1.807) is 45.9 Å². The van der Waals surface area contributed by atoms with Gasteiger partial charge in [0.15, 0.2) is 28.5 Å². The number of carbonyl (C=O) groups is 6. The van der Waals surface area contributed by atoms with Crippen LogP contribution in [0.3, 0.4) is 0 Å². The summed E-state index contributed by atoms with van der Waals surface area (Å²) in [5, 5.41) is 54.6. The molecule has 0 saturated heterocycles. The largest absolute Gasteiger partial charge is 0.478 e. The Morgan fingerprint density at radius 3 is 1.89 bits per heavy atom. The number of nitrogens with one attached hydrogen (secondary N) is 4. The lowest BCUT2D eigenvalue weighted by molar-refractivity contribution is -0.150. The molecule has 8 aromatic rings. The smallest absolute Gasteiger partial charge is 0.335 e. The second kappa shape index (κ2) is 31.9. The van der Waals surface area contributed by atoms with Gasteiger partial charge in [0.1, 0.15) is 38.2 Å². The number of fused-ring (bicyclic) bond motifs is 2. The highest BCUT2D eigenvalue weighted by atomic mass is 32.2. The molecule has 0 radical (unpaired) electrons. The van der Waals surface area contributed by atoms with Crippen molar-refractivity contribution in [3.8, 4) is 0 Å². The normalized spacial score (nSPS) is 11.4. The summed E-state index contributed by atoms with van der Waals surface area (Å²) in [5.41, 5.74) is 6.86. The third-order valence-corrected chi connectivity index (χ3v) is 17.2. The molecule has 1 atom stereocenters. The van der Waals surface area contributed by atoms with E-state index in [9.17, 15) is 33.6 Å². The van der Waals surface area contributed by atoms with Crippen LogP contribution in [0.25, 0.3) is 11.0 Å². The van der Waals surface area contributed by atoms with Crippen molar-refractivity contribution in [2.75, 3.05) is 30.1 Å². The molecule has 8 N–H and O–H groups in total. The highest BCUT2D eigenvalue weighted by Crippen LogP contribution is 2.30. The number of esters is 2. The summed E-state index contributed by atoms with van der Waals surface area (Å²) < 4.78 is 14.0. The third kappa shape index (κ3) is 20.5. The van der Waals surface area contributed by atoms with Crippen molar-refractivity contribution >= 4 is 157 Å². The summed E-state index contributed by atoms with van der Waals surface area (Å²) in [5.74, 6) is 3.23. The van der Waals surface area contributed by atoms with Gasteiger partial charge in [0, 0.05) is 17.7 Å². The molecule has 34 heteroatoms. The van der Waals surface area contributed by atoms with E-state index in [0.717, 1.165) is 48.3 Å². The number of carbonyl (C=O) groups excluding carboxylic acids is 4. The summed E-state index contributed by atoms with van der Waals surface area (Å²) in [6, 6.07) is 9.40. The minimum Gasteiger partial charge on any atom is -0.478 e. The number of aromatic carboxylic acids is 2. The highest BCUT2D eigenvalue weighted by molar-refractivity contribution is 8.02. The summed E-state index contributed by atoms with van der Waals surface area (Å²) in [4.78, 5) is 91.1. The van der Waals surface area contributed by atoms with E-state index < -0.39 is 29.8 Å². The van der Waals surface area contributed by atoms with Gasteiger partial charge in [0.05, 0.1) is 58.3 Å².